The second-order valence-electron chi connectivity index (χ2n) is 8.39. The Kier molecular flexibility index (Phi) is 5.90. The average Bonchev–Trinajstić information content (AvgIpc) is 3.35. The van der Waals surface area contributed by atoms with Gasteiger partial charge in [0.25, 0.3) is 0 Å². The van der Waals surface area contributed by atoms with Crippen LogP contribution in [0.3, 0.4) is 0 Å². The number of benzene rings is 1. The van der Waals surface area contributed by atoms with Crippen LogP contribution in [-0.2, 0) is 4.74 Å². The zero-order chi connectivity index (χ0) is 21.2. The second kappa shape index (κ2) is 8.95. The van der Waals surface area contributed by atoms with Crippen LogP contribution in [0.15, 0.2) is 48.9 Å². The van der Waals surface area contributed by atoms with Crippen molar-refractivity contribution in [1.29, 1.82) is 0 Å². The maximum atomic E-state index is 6.38. The Morgan fingerprint density at radius 3 is 2.61 bits per heavy atom. The molecule has 160 valence electrons. The fraction of sp³-hybridized carbons (Fsp3) is 0.360. The van der Waals surface area contributed by atoms with Gasteiger partial charge in [0.1, 0.15) is 5.82 Å². The van der Waals surface area contributed by atoms with Gasteiger partial charge in [0.2, 0.25) is 0 Å². The fourth-order valence-corrected chi connectivity index (χ4v) is 5.05. The average molecular weight is 435 g/mol. The first-order chi connectivity index (χ1) is 15.2. The molecule has 2 aliphatic rings. The van der Waals surface area contributed by atoms with Gasteiger partial charge in [0.15, 0.2) is 0 Å². The molecule has 3 aromatic rings. The molecule has 6 heteroatoms. The van der Waals surface area contributed by atoms with E-state index in [9.17, 15) is 0 Å². The van der Waals surface area contributed by atoms with Crippen LogP contribution in [0.5, 0.6) is 0 Å². The first-order valence-electron chi connectivity index (χ1n) is 11.0. The molecule has 2 aliphatic heterocycles. The lowest BCUT2D eigenvalue weighted by Crippen LogP contribution is -2.19. The third-order valence-corrected chi connectivity index (χ3v) is 6.80. The molecule has 0 radical (unpaired) electrons. The summed E-state index contributed by atoms with van der Waals surface area (Å²) in [5, 5.41) is 4.26. The van der Waals surface area contributed by atoms with Gasteiger partial charge in [0, 0.05) is 54.5 Å². The minimum atomic E-state index is 0.411. The molecule has 3 N–H and O–H groups in total. The Bertz CT molecular complexity index is 1070. The molecule has 0 spiro atoms. The van der Waals surface area contributed by atoms with E-state index in [0.717, 1.165) is 54.9 Å². The molecular formula is C25H27ClN4O. The van der Waals surface area contributed by atoms with E-state index < -0.39 is 0 Å². The van der Waals surface area contributed by atoms with E-state index in [1.165, 1.54) is 24.0 Å². The molecule has 0 bridgehead atoms. The molecule has 5 nitrogen and oxygen atoms in total. The van der Waals surface area contributed by atoms with Crippen molar-refractivity contribution in [1.82, 2.24) is 15.3 Å². The zero-order valence-corrected chi connectivity index (χ0v) is 18.2. The van der Waals surface area contributed by atoms with Crippen molar-refractivity contribution >= 4 is 17.4 Å². The van der Waals surface area contributed by atoms with Crippen LogP contribution < -0.4 is 11.1 Å². The molecule has 2 saturated heterocycles. The van der Waals surface area contributed by atoms with Crippen LogP contribution in [0.2, 0.25) is 5.02 Å². The van der Waals surface area contributed by atoms with Gasteiger partial charge in [-0.2, -0.15) is 0 Å². The first kappa shape index (κ1) is 20.4. The van der Waals surface area contributed by atoms with Gasteiger partial charge in [-0.25, -0.2) is 4.98 Å². The number of nitrogen functional groups attached to an aromatic ring is 1. The lowest BCUT2D eigenvalue weighted by molar-refractivity contribution is 0.0851. The van der Waals surface area contributed by atoms with Crippen LogP contribution in [0, 0.1) is 0 Å². The summed E-state index contributed by atoms with van der Waals surface area (Å²) in [5.74, 6) is 1.03. The maximum Gasteiger partial charge on any atom is 0.131 e. The van der Waals surface area contributed by atoms with E-state index in [-0.39, 0.29) is 0 Å². The van der Waals surface area contributed by atoms with Crippen molar-refractivity contribution in [3.8, 4) is 22.3 Å². The van der Waals surface area contributed by atoms with Crippen LogP contribution >= 0.6 is 11.6 Å². The molecule has 1 atom stereocenters. The summed E-state index contributed by atoms with van der Waals surface area (Å²) in [6.45, 7) is 2.78. The number of nitrogens with two attached hydrogens (primary N) is 1. The third kappa shape index (κ3) is 4.18. The molecule has 0 unspecified atom stereocenters. The van der Waals surface area contributed by atoms with Gasteiger partial charge in [-0.1, -0.05) is 23.7 Å². The van der Waals surface area contributed by atoms with E-state index >= 15 is 0 Å². The molecule has 5 rings (SSSR count). The van der Waals surface area contributed by atoms with Crippen molar-refractivity contribution < 1.29 is 4.74 Å². The molecule has 2 fully saturated rings. The molecule has 0 amide bonds. The largest absolute Gasteiger partial charge is 0.383 e. The summed E-state index contributed by atoms with van der Waals surface area (Å²) in [6.07, 6.45) is 9.78. The molecular weight excluding hydrogens is 408 g/mol. The number of nitrogens with zero attached hydrogens (tertiary/aromatic N) is 2. The lowest BCUT2D eigenvalue weighted by atomic mass is 9.84. The zero-order valence-electron chi connectivity index (χ0n) is 17.5. The Balaban J connectivity index is 1.57. The Hall–Kier alpha value is -2.47. The van der Waals surface area contributed by atoms with Gasteiger partial charge < -0.3 is 15.8 Å². The normalized spacial score (nSPS) is 19.6. The summed E-state index contributed by atoms with van der Waals surface area (Å²) >= 11 is 6.38. The quantitative estimate of drug-likeness (QED) is 0.577. The van der Waals surface area contributed by atoms with Gasteiger partial charge in [-0.3, -0.25) is 4.98 Å². The topological polar surface area (TPSA) is 73.1 Å². The molecule has 4 heterocycles. The number of pyridine rings is 2. The van der Waals surface area contributed by atoms with E-state index in [1.54, 1.807) is 12.4 Å². The van der Waals surface area contributed by atoms with Crippen molar-refractivity contribution in [3.05, 3.63) is 65.1 Å². The Labute approximate surface area is 188 Å². The van der Waals surface area contributed by atoms with Crippen molar-refractivity contribution in [2.75, 3.05) is 25.5 Å². The molecule has 2 aromatic heterocycles. The highest BCUT2D eigenvalue weighted by Crippen LogP contribution is 2.39. The van der Waals surface area contributed by atoms with Crippen LogP contribution in [0.25, 0.3) is 22.3 Å². The predicted molar refractivity (Wildman–Crippen MR) is 125 cm³/mol. The van der Waals surface area contributed by atoms with Crippen LogP contribution in [0.1, 0.15) is 48.8 Å². The van der Waals surface area contributed by atoms with Gasteiger partial charge in [-0.15, -0.1) is 0 Å². The lowest BCUT2D eigenvalue weighted by Gasteiger charge is -2.27. The number of halogens is 1. The predicted octanol–water partition coefficient (Wildman–Crippen LogP) is 5.36. The Morgan fingerprint density at radius 1 is 0.968 bits per heavy atom. The summed E-state index contributed by atoms with van der Waals surface area (Å²) in [7, 11) is 0. The highest BCUT2D eigenvalue weighted by molar-refractivity contribution is 6.33. The van der Waals surface area contributed by atoms with Gasteiger partial charge >= 0.3 is 0 Å². The molecule has 1 aromatic carbocycles. The number of hydrogen-bond donors (Lipinski definition) is 2. The number of hydrogen-bond acceptors (Lipinski definition) is 5. The standard InChI is InChI=1S/C25H27ClN4O/c26-23-15-28-9-5-20(23)22-13-18(14-30-25(22)27)17-3-4-19(16-6-10-31-11-7-16)21(12-17)24-2-1-8-29-24/h3-5,9,12-16,24,29H,1-2,6-8,10-11H2,(H2,27,30)/t24-/m0/s1. The summed E-state index contributed by atoms with van der Waals surface area (Å²) < 4.78 is 5.60. The van der Waals surface area contributed by atoms with E-state index in [1.807, 2.05) is 12.3 Å². The highest BCUT2D eigenvalue weighted by atomic mass is 35.5. The smallest absolute Gasteiger partial charge is 0.131 e. The minimum Gasteiger partial charge on any atom is -0.383 e. The van der Waals surface area contributed by atoms with E-state index in [2.05, 4.69) is 39.6 Å². The fourth-order valence-electron chi connectivity index (χ4n) is 4.83. The van der Waals surface area contributed by atoms with E-state index in [4.69, 9.17) is 22.1 Å². The van der Waals surface area contributed by atoms with E-state index in [0.29, 0.717) is 22.8 Å². The highest BCUT2D eigenvalue weighted by Gasteiger charge is 2.25. The van der Waals surface area contributed by atoms with Crippen molar-refractivity contribution in [3.63, 3.8) is 0 Å². The first-order valence-corrected chi connectivity index (χ1v) is 11.4. The number of anilines is 1. The number of nitrogens with one attached hydrogen (secondary N) is 1. The van der Waals surface area contributed by atoms with Gasteiger partial charge in [0.05, 0.1) is 5.02 Å². The number of aromatic nitrogens is 2. The SMILES string of the molecule is Nc1ncc(-c2ccc(C3CCOCC3)c([C@@H]3CCCN3)c2)cc1-c1ccncc1Cl. The van der Waals surface area contributed by atoms with Gasteiger partial charge in [-0.05, 0) is 73.0 Å². The van der Waals surface area contributed by atoms with Crippen molar-refractivity contribution in [2.24, 2.45) is 0 Å². The monoisotopic (exact) mass is 434 g/mol. The minimum absolute atomic E-state index is 0.411. The summed E-state index contributed by atoms with van der Waals surface area (Å²) in [5.41, 5.74) is 13.0. The Morgan fingerprint density at radius 2 is 1.84 bits per heavy atom. The summed E-state index contributed by atoms with van der Waals surface area (Å²) in [4.78, 5) is 8.56. The third-order valence-electron chi connectivity index (χ3n) is 6.50. The second-order valence-corrected chi connectivity index (χ2v) is 8.80. The number of ether oxygens (including phenoxy) is 1. The maximum absolute atomic E-state index is 6.38. The molecule has 0 aliphatic carbocycles. The van der Waals surface area contributed by atoms with Crippen LogP contribution in [-0.4, -0.2) is 29.7 Å². The number of rotatable bonds is 4. The molecule has 31 heavy (non-hydrogen) atoms. The van der Waals surface area contributed by atoms with Crippen LogP contribution in [0.4, 0.5) is 5.82 Å². The van der Waals surface area contributed by atoms with Crippen molar-refractivity contribution in [2.45, 2.75) is 37.6 Å². The summed E-state index contributed by atoms with van der Waals surface area (Å²) in [6, 6.07) is 11.2. The molecule has 0 saturated carbocycles.